The van der Waals surface area contributed by atoms with Gasteiger partial charge in [-0.2, -0.15) is 0 Å². The Morgan fingerprint density at radius 2 is 1.81 bits per heavy atom. The standard InChI is InChI=1S/C19H32N2/c1-5-8-9-17-10-12-18(13-11-17)21-15-19(6-2,7-3)20-14-16(21)4/h10-13,16,20H,5-9,14-15H2,1-4H3. The number of anilines is 1. The molecule has 2 nitrogen and oxygen atoms in total. The molecule has 118 valence electrons. The van der Waals surface area contributed by atoms with Crippen LogP contribution in [0, 0.1) is 0 Å². The van der Waals surface area contributed by atoms with Crippen molar-refractivity contribution < 1.29 is 0 Å². The van der Waals surface area contributed by atoms with Crippen molar-refractivity contribution in [2.24, 2.45) is 0 Å². The van der Waals surface area contributed by atoms with Crippen molar-refractivity contribution in [1.29, 1.82) is 0 Å². The van der Waals surface area contributed by atoms with Crippen LogP contribution in [0.2, 0.25) is 0 Å². The first-order valence-electron chi connectivity index (χ1n) is 8.74. The number of rotatable bonds is 6. The second kappa shape index (κ2) is 7.31. The minimum absolute atomic E-state index is 0.285. The molecule has 1 unspecified atom stereocenters. The summed E-state index contributed by atoms with van der Waals surface area (Å²) in [5, 5.41) is 3.78. The second-order valence-corrected chi connectivity index (χ2v) is 6.62. The molecule has 1 aliphatic heterocycles. The summed E-state index contributed by atoms with van der Waals surface area (Å²) < 4.78 is 0. The van der Waals surface area contributed by atoms with Crippen LogP contribution in [-0.4, -0.2) is 24.7 Å². The van der Waals surface area contributed by atoms with Gasteiger partial charge in [0.05, 0.1) is 0 Å². The van der Waals surface area contributed by atoms with E-state index < -0.39 is 0 Å². The molecule has 0 bridgehead atoms. The SMILES string of the molecule is CCCCc1ccc(N2CC(CC)(CC)NCC2C)cc1. The van der Waals surface area contributed by atoms with Gasteiger partial charge in [-0.15, -0.1) is 0 Å². The number of aryl methyl sites for hydroxylation is 1. The predicted octanol–water partition coefficient (Wildman–Crippen LogP) is 4.39. The third kappa shape index (κ3) is 3.79. The highest BCUT2D eigenvalue weighted by Gasteiger charge is 2.35. The van der Waals surface area contributed by atoms with Crippen molar-refractivity contribution in [3.8, 4) is 0 Å². The van der Waals surface area contributed by atoms with Crippen LogP contribution in [0.15, 0.2) is 24.3 Å². The molecule has 1 saturated heterocycles. The zero-order chi connectivity index (χ0) is 15.3. The maximum Gasteiger partial charge on any atom is 0.0387 e. The van der Waals surface area contributed by atoms with E-state index in [-0.39, 0.29) is 5.54 Å². The molecule has 1 atom stereocenters. The molecule has 21 heavy (non-hydrogen) atoms. The third-order valence-electron chi connectivity index (χ3n) is 5.22. The molecule has 1 aliphatic rings. The lowest BCUT2D eigenvalue weighted by Gasteiger charge is -2.47. The van der Waals surface area contributed by atoms with Crippen LogP contribution in [0.1, 0.15) is 58.9 Å². The Kier molecular flexibility index (Phi) is 5.69. The van der Waals surface area contributed by atoms with Gasteiger partial charge in [-0.25, -0.2) is 0 Å². The summed E-state index contributed by atoms with van der Waals surface area (Å²) >= 11 is 0. The van der Waals surface area contributed by atoms with Gasteiger partial charge in [-0.05, 0) is 50.3 Å². The van der Waals surface area contributed by atoms with Crippen molar-refractivity contribution in [1.82, 2.24) is 5.32 Å². The molecular weight excluding hydrogens is 256 g/mol. The fourth-order valence-electron chi connectivity index (χ4n) is 3.32. The summed E-state index contributed by atoms with van der Waals surface area (Å²) in [7, 11) is 0. The Hall–Kier alpha value is -1.02. The second-order valence-electron chi connectivity index (χ2n) is 6.62. The van der Waals surface area contributed by atoms with Gasteiger partial charge in [0.2, 0.25) is 0 Å². The zero-order valence-corrected chi connectivity index (χ0v) is 14.3. The van der Waals surface area contributed by atoms with Crippen LogP contribution in [-0.2, 0) is 6.42 Å². The van der Waals surface area contributed by atoms with E-state index in [1.807, 2.05) is 0 Å². The van der Waals surface area contributed by atoms with E-state index >= 15 is 0 Å². The first kappa shape index (κ1) is 16.4. The van der Waals surface area contributed by atoms with Gasteiger partial charge in [0, 0.05) is 30.4 Å². The lowest BCUT2D eigenvalue weighted by Crippen LogP contribution is -2.63. The maximum absolute atomic E-state index is 3.78. The summed E-state index contributed by atoms with van der Waals surface area (Å²) in [6.07, 6.45) is 6.16. The molecule has 0 spiro atoms. The van der Waals surface area contributed by atoms with Crippen molar-refractivity contribution in [2.75, 3.05) is 18.0 Å². The van der Waals surface area contributed by atoms with Gasteiger partial charge in [-0.3, -0.25) is 0 Å². The molecule has 0 radical (unpaired) electrons. The summed E-state index contributed by atoms with van der Waals surface area (Å²) in [4.78, 5) is 2.59. The summed E-state index contributed by atoms with van der Waals surface area (Å²) in [6.45, 7) is 11.4. The highest BCUT2D eigenvalue weighted by atomic mass is 15.3. The first-order valence-corrected chi connectivity index (χ1v) is 8.74. The van der Waals surface area contributed by atoms with E-state index in [9.17, 15) is 0 Å². The number of benzene rings is 1. The van der Waals surface area contributed by atoms with Gasteiger partial charge in [0.25, 0.3) is 0 Å². The monoisotopic (exact) mass is 288 g/mol. The minimum atomic E-state index is 0.285. The van der Waals surface area contributed by atoms with Crippen LogP contribution in [0.25, 0.3) is 0 Å². The van der Waals surface area contributed by atoms with Crippen LogP contribution in [0.4, 0.5) is 5.69 Å². The lowest BCUT2D eigenvalue weighted by atomic mass is 9.88. The Morgan fingerprint density at radius 3 is 2.38 bits per heavy atom. The van der Waals surface area contributed by atoms with E-state index in [0.29, 0.717) is 6.04 Å². The molecule has 0 saturated carbocycles. The average Bonchev–Trinajstić information content (AvgIpc) is 2.54. The Morgan fingerprint density at radius 1 is 1.14 bits per heavy atom. The molecule has 0 amide bonds. The van der Waals surface area contributed by atoms with Gasteiger partial charge < -0.3 is 10.2 Å². The normalized spacial score (nSPS) is 21.5. The largest absolute Gasteiger partial charge is 0.366 e. The quantitative estimate of drug-likeness (QED) is 0.835. The van der Waals surface area contributed by atoms with Gasteiger partial charge >= 0.3 is 0 Å². The van der Waals surface area contributed by atoms with E-state index in [1.165, 1.54) is 43.4 Å². The van der Waals surface area contributed by atoms with E-state index in [2.05, 4.69) is 62.2 Å². The van der Waals surface area contributed by atoms with Gasteiger partial charge in [0.15, 0.2) is 0 Å². The van der Waals surface area contributed by atoms with Gasteiger partial charge in [0.1, 0.15) is 0 Å². The molecule has 2 heteroatoms. The van der Waals surface area contributed by atoms with Gasteiger partial charge in [-0.1, -0.05) is 39.3 Å². The van der Waals surface area contributed by atoms with Crippen molar-refractivity contribution in [3.05, 3.63) is 29.8 Å². The van der Waals surface area contributed by atoms with E-state index in [4.69, 9.17) is 0 Å². The van der Waals surface area contributed by atoms with Crippen molar-refractivity contribution >= 4 is 5.69 Å². The topological polar surface area (TPSA) is 15.3 Å². The molecular formula is C19H32N2. The zero-order valence-electron chi connectivity index (χ0n) is 14.3. The number of nitrogens with one attached hydrogen (secondary N) is 1. The molecule has 0 aliphatic carbocycles. The fourth-order valence-corrected chi connectivity index (χ4v) is 3.32. The molecule has 0 aromatic heterocycles. The van der Waals surface area contributed by atoms with E-state index in [1.54, 1.807) is 0 Å². The maximum atomic E-state index is 3.78. The summed E-state index contributed by atoms with van der Waals surface area (Å²) in [5.41, 5.74) is 3.14. The summed E-state index contributed by atoms with van der Waals surface area (Å²) in [6, 6.07) is 9.85. The molecule has 1 N–H and O–H groups in total. The molecule has 1 fully saturated rings. The Balaban J connectivity index is 2.11. The predicted molar refractivity (Wildman–Crippen MR) is 93.2 cm³/mol. The van der Waals surface area contributed by atoms with Crippen LogP contribution in [0.3, 0.4) is 0 Å². The smallest absolute Gasteiger partial charge is 0.0387 e. The summed E-state index contributed by atoms with van der Waals surface area (Å²) in [5.74, 6) is 0. The molecule has 1 aromatic rings. The lowest BCUT2D eigenvalue weighted by molar-refractivity contribution is 0.254. The minimum Gasteiger partial charge on any atom is -0.366 e. The van der Waals surface area contributed by atoms with Crippen LogP contribution < -0.4 is 10.2 Å². The van der Waals surface area contributed by atoms with Crippen LogP contribution in [0.5, 0.6) is 0 Å². The first-order chi connectivity index (χ1) is 10.1. The number of piperazine rings is 1. The molecule has 1 aromatic carbocycles. The number of hydrogen-bond acceptors (Lipinski definition) is 2. The Bertz CT molecular complexity index is 420. The molecule has 2 rings (SSSR count). The Labute approximate surface area is 130 Å². The highest BCUT2D eigenvalue weighted by Crippen LogP contribution is 2.27. The van der Waals surface area contributed by atoms with Crippen molar-refractivity contribution in [3.63, 3.8) is 0 Å². The third-order valence-corrected chi connectivity index (χ3v) is 5.22. The number of hydrogen-bond donors (Lipinski definition) is 1. The number of nitrogens with zero attached hydrogens (tertiary/aromatic N) is 1. The molecule has 1 heterocycles. The highest BCUT2D eigenvalue weighted by molar-refractivity contribution is 5.50. The van der Waals surface area contributed by atoms with E-state index in [0.717, 1.165) is 13.1 Å². The average molecular weight is 288 g/mol. The van der Waals surface area contributed by atoms with Crippen LogP contribution >= 0.6 is 0 Å². The fraction of sp³-hybridized carbons (Fsp3) is 0.684. The number of unbranched alkanes of at least 4 members (excludes halogenated alkanes) is 1. The van der Waals surface area contributed by atoms with Crippen molar-refractivity contribution in [2.45, 2.75) is 71.4 Å².